The van der Waals surface area contributed by atoms with Gasteiger partial charge in [-0.25, -0.2) is 4.98 Å². The van der Waals surface area contributed by atoms with Gasteiger partial charge in [-0.15, -0.1) is 0 Å². The quantitative estimate of drug-likeness (QED) is 0.181. The first kappa shape index (κ1) is 36.9. The van der Waals surface area contributed by atoms with E-state index >= 15 is 0 Å². The molecule has 0 atom stereocenters. The number of rotatable bonds is 6. The Kier molecular flexibility index (Phi) is 9.26. The molecule has 0 aliphatic carbocycles. The average Bonchev–Trinajstić information content (AvgIpc) is 3.70. The Labute approximate surface area is 406 Å². The zero-order chi connectivity index (χ0) is 54.7. The molecular weight excluding hydrogens is 803 g/mol. The maximum Gasteiger partial charge on any atom is 0.149 e. The van der Waals surface area contributed by atoms with Crippen LogP contribution < -0.4 is 0 Å². The minimum atomic E-state index is -0.599. The second-order valence-electron chi connectivity index (χ2n) is 22.9. The van der Waals surface area contributed by atoms with Crippen molar-refractivity contribution in [3.63, 3.8) is 0 Å². The normalized spacial score (nSPS) is 14.5. The number of pyridine rings is 1. The van der Waals surface area contributed by atoms with Crippen molar-refractivity contribution in [3.8, 4) is 67.5 Å². The number of imidazole rings is 1. The Hall–Kier alpha value is -6.26. The van der Waals surface area contributed by atoms with Gasteiger partial charge in [-0.05, 0) is 126 Å². The monoisotopic (exact) mass is 880 g/mol. The number of hydrogen-bond acceptors (Lipinski definition) is 3. The molecule has 0 saturated carbocycles. The van der Waals surface area contributed by atoms with Gasteiger partial charge in [0.25, 0.3) is 0 Å². The number of benzene rings is 6. The summed E-state index contributed by atoms with van der Waals surface area (Å²) in [5.41, 5.74) is 10.0. The van der Waals surface area contributed by atoms with Gasteiger partial charge in [-0.3, -0.25) is 9.55 Å². The first-order chi connectivity index (χ1) is 34.1. The molecule has 2 heterocycles. The van der Waals surface area contributed by atoms with Crippen LogP contribution in [0.1, 0.15) is 143 Å². The minimum absolute atomic E-state index is 0.0279. The molecule has 0 fully saturated rings. The summed E-state index contributed by atoms with van der Waals surface area (Å²) in [5.74, 6) is 0.714. The predicted molar refractivity (Wildman–Crippen MR) is 281 cm³/mol. The molecule has 6 aromatic carbocycles. The van der Waals surface area contributed by atoms with Crippen molar-refractivity contribution in [1.82, 2.24) is 14.5 Å². The standard InChI is InChI=1S/C62H69N3O/c1-58(2,3)45-24-19-23-40(32-45)41-27-28-53(50(35-41)61(10,11)12)65-54-26-20-25-48(55(54)64-57(65)49-37-47(60(7,8)9)38-51(56(49)66)62(13,14)15)43-31-44(34-46(33-43)59(4,5)6)52-36-42(29-30-63-52)39-21-17-16-18-22-39/h16-38,66H,1-15H3/i16D,17D,18D,21D,22D,29D,30D,36D. The highest BCUT2D eigenvalue weighted by Crippen LogP contribution is 2.46. The fourth-order valence-electron chi connectivity index (χ4n) is 8.55. The van der Waals surface area contributed by atoms with Crippen molar-refractivity contribution in [1.29, 1.82) is 0 Å². The Morgan fingerprint density at radius 1 is 0.485 bits per heavy atom. The van der Waals surface area contributed by atoms with E-state index in [1.807, 2.05) is 24.3 Å². The summed E-state index contributed by atoms with van der Waals surface area (Å²) in [4.78, 5) is 10.1. The first-order valence-corrected chi connectivity index (χ1v) is 23.0. The summed E-state index contributed by atoms with van der Waals surface area (Å²) in [5, 5.41) is 12.6. The van der Waals surface area contributed by atoms with Gasteiger partial charge >= 0.3 is 0 Å². The lowest BCUT2D eigenvalue weighted by Crippen LogP contribution is -2.18. The van der Waals surface area contributed by atoms with Gasteiger partial charge < -0.3 is 5.11 Å². The molecule has 2 aromatic heterocycles. The Bertz CT molecular complexity index is 3550. The number of fused-ring (bicyclic) bond motifs is 1. The molecule has 0 radical (unpaired) electrons. The van der Waals surface area contributed by atoms with Gasteiger partial charge in [-0.2, -0.15) is 0 Å². The fourth-order valence-corrected chi connectivity index (χ4v) is 8.55. The van der Waals surface area contributed by atoms with E-state index in [9.17, 15) is 6.48 Å². The molecule has 8 aromatic rings. The van der Waals surface area contributed by atoms with Crippen LogP contribution in [-0.2, 0) is 27.1 Å². The van der Waals surface area contributed by atoms with E-state index in [1.54, 1.807) is 0 Å². The van der Waals surface area contributed by atoms with Crippen molar-refractivity contribution in [2.45, 2.75) is 131 Å². The molecular formula is C62H69N3O. The van der Waals surface area contributed by atoms with Crippen LogP contribution in [0.15, 0.2) is 139 Å². The van der Waals surface area contributed by atoms with Gasteiger partial charge in [0.15, 0.2) is 0 Å². The SMILES string of the molecule is [2H]c1nc(-c2cc(-c3cccc4c3nc(-c3cc(C(C)(C)C)cc(C(C)(C)C)c3O)n4-c3ccc(-c4cccc(C(C)(C)C)c4)cc3C(C)(C)C)cc(C(C)(C)C)c2)c([2H])c(-c2c([2H])c([2H])c([2H])c([2H])c2[2H])c1[2H]. The van der Waals surface area contributed by atoms with Crippen molar-refractivity contribution in [3.05, 3.63) is 167 Å². The van der Waals surface area contributed by atoms with E-state index in [2.05, 4.69) is 180 Å². The lowest BCUT2D eigenvalue weighted by atomic mass is 9.78. The van der Waals surface area contributed by atoms with E-state index in [1.165, 1.54) is 5.56 Å². The van der Waals surface area contributed by atoms with Crippen molar-refractivity contribution >= 4 is 11.0 Å². The van der Waals surface area contributed by atoms with Crippen molar-refractivity contribution in [2.75, 3.05) is 0 Å². The molecule has 0 amide bonds. The van der Waals surface area contributed by atoms with E-state index in [4.69, 9.17) is 14.6 Å². The number of para-hydroxylation sites is 1. The average molecular weight is 880 g/mol. The molecule has 4 heteroatoms. The topological polar surface area (TPSA) is 50.9 Å². The van der Waals surface area contributed by atoms with Crippen LogP contribution in [0, 0.1) is 0 Å². The summed E-state index contributed by atoms with van der Waals surface area (Å²) in [6, 6.07) is 27.7. The van der Waals surface area contributed by atoms with E-state index in [0.717, 1.165) is 55.7 Å². The summed E-state index contributed by atoms with van der Waals surface area (Å²) in [6.07, 6.45) is -0.500. The second-order valence-corrected chi connectivity index (χ2v) is 22.9. The zero-order valence-electron chi connectivity index (χ0n) is 49.4. The molecule has 0 saturated heterocycles. The Morgan fingerprint density at radius 2 is 1.09 bits per heavy atom. The smallest absolute Gasteiger partial charge is 0.149 e. The van der Waals surface area contributed by atoms with Crippen LogP contribution in [-0.4, -0.2) is 19.6 Å². The van der Waals surface area contributed by atoms with Crippen LogP contribution in [0.25, 0.3) is 72.7 Å². The van der Waals surface area contributed by atoms with Crippen LogP contribution in [0.4, 0.5) is 0 Å². The third-order valence-electron chi connectivity index (χ3n) is 12.5. The van der Waals surface area contributed by atoms with Gasteiger partial charge in [0.1, 0.15) is 11.6 Å². The van der Waals surface area contributed by atoms with Gasteiger partial charge in [0.2, 0.25) is 0 Å². The van der Waals surface area contributed by atoms with Gasteiger partial charge in [-0.1, -0.05) is 189 Å². The molecule has 0 bridgehead atoms. The Morgan fingerprint density at radius 3 is 1.74 bits per heavy atom. The molecule has 0 spiro atoms. The Balaban J connectivity index is 1.48. The van der Waals surface area contributed by atoms with Crippen LogP contribution in [0.2, 0.25) is 0 Å². The van der Waals surface area contributed by atoms with E-state index in [-0.39, 0.29) is 44.9 Å². The van der Waals surface area contributed by atoms with Crippen LogP contribution >= 0.6 is 0 Å². The van der Waals surface area contributed by atoms with Crippen LogP contribution in [0.5, 0.6) is 5.75 Å². The van der Waals surface area contributed by atoms with Crippen LogP contribution in [0.3, 0.4) is 0 Å². The predicted octanol–water partition coefficient (Wildman–Crippen LogP) is 16.9. The highest BCUT2D eigenvalue weighted by molar-refractivity contribution is 5.97. The van der Waals surface area contributed by atoms with Crippen molar-refractivity contribution in [2.24, 2.45) is 0 Å². The van der Waals surface area contributed by atoms with Gasteiger partial charge in [0.05, 0.1) is 38.9 Å². The highest BCUT2D eigenvalue weighted by Gasteiger charge is 2.31. The molecule has 4 nitrogen and oxygen atoms in total. The minimum Gasteiger partial charge on any atom is -0.507 e. The maximum absolute atomic E-state index is 12.6. The number of aromatic nitrogens is 3. The fraction of sp³-hybridized carbons (Fsp3) is 0.323. The molecule has 66 heavy (non-hydrogen) atoms. The molecule has 338 valence electrons. The van der Waals surface area contributed by atoms with Gasteiger partial charge in [0, 0.05) is 22.9 Å². The molecule has 1 N–H and O–H groups in total. The third kappa shape index (κ3) is 9.12. The molecule has 0 aliphatic rings. The van der Waals surface area contributed by atoms with E-state index in [0.29, 0.717) is 22.5 Å². The number of phenolic OH excluding ortho intramolecular Hbond substituents is 1. The number of phenols is 1. The summed E-state index contributed by atoms with van der Waals surface area (Å²) >= 11 is 0. The number of aromatic hydroxyl groups is 1. The molecule has 8 rings (SSSR count). The highest BCUT2D eigenvalue weighted by atomic mass is 16.3. The lowest BCUT2D eigenvalue weighted by Gasteiger charge is -2.28. The largest absolute Gasteiger partial charge is 0.507 e. The molecule has 0 unspecified atom stereocenters. The summed E-state index contributed by atoms with van der Waals surface area (Å²) in [6.45, 7) is 32.4. The summed E-state index contributed by atoms with van der Waals surface area (Å²) in [7, 11) is 0. The zero-order valence-corrected chi connectivity index (χ0v) is 41.4. The third-order valence-corrected chi connectivity index (χ3v) is 12.5. The number of nitrogens with zero attached hydrogens (tertiary/aromatic N) is 3. The number of hydrogen-bond donors (Lipinski definition) is 1. The van der Waals surface area contributed by atoms with Crippen molar-refractivity contribution < 1.29 is 16.1 Å². The maximum atomic E-state index is 12.6. The first-order valence-electron chi connectivity index (χ1n) is 27.0. The molecule has 0 aliphatic heterocycles. The lowest BCUT2D eigenvalue weighted by molar-refractivity contribution is 0.446. The second kappa shape index (κ2) is 16.6. The van der Waals surface area contributed by atoms with E-state index < -0.39 is 53.3 Å². The summed E-state index contributed by atoms with van der Waals surface area (Å²) < 4.78 is 72.1.